The second-order valence-corrected chi connectivity index (χ2v) is 5.25. The van der Waals surface area contributed by atoms with Gasteiger partial charge < -0.3 is 16.2 Å². The summed E-state index contributed by atoms with van der Waals surface area (Å²) in [7, 11) is 1.56. The van der Waals surface area contributed by atoms with Crippen LogP contribution in [0.4, 0.5) is 0 Å². The number of guanidine groups is 1. The van der Waals surface area contributed by atoms with Crippen molar-refractivity contribution in [2.45, 2.75) is 19.8 Å². The van der Waals surface area contributed by atoms with Gasteiger partial charge in [0.1, 0.15) is 0 Å². The molecule has 1 aromatic rings. The Hall–Kier alpha value is -2.11. The number of rotatable bonds is 3. The summed E-state index contributed by atoms with van der Waals surface area (Å²) in [6, 6.07) is 3.75. The van der Waals surface area contributed by atoms with E-state index in [1.54, 1.807) is 13.3 Å². The van der Waals surface area contributed by atoms with Crippen LogP contribution in [0.2, 0.25) is 0 Å². The standard InChI is InChI=1S/C13H18N4O2/c1-13(2)8(9(13)10(18)17-12(14)15)7-5-4-6-16-11(7)19-3/h4-6,8-9H,1-3H3,(H4,14,15,17,18). The molecule has 2 unspecified atom stereocenters. The molecule has 19 heavy (non-hydrogen) atoms. The van der Waals surface area contributed by atoms with E-state index in [1.165, 1.54) is 0 Å². The number of hydrogen-bond acceptors (Lipinski definition) is 3. The molecule has 1 aliphatic rings. The molecule has 1 heterocycles. The van der Waals surface area contributed by atoms with Gasteiger partial charge in [-0.15, -0.1) is 0 Å². The van der Waals surface area contributed by atoms with Crippen molar-refractivity contribution in [2.24, 2.45) is 27.8 Å². The fourth-order valence-corrected chi connectivity index (χ4v) is 2.69. The number of pyridine rings is 1. The van der Waals surface area contributed by atoms with Gasteiger partial charge in [-0.2, -0.15) is 4.99 Å². The Balaban J connectivity index is 2.32. The molecule has 4 N–H and O–H groups in total. The van der Waals surface area contributed by atoms with Crippen molar-refractivity contribution in [2.75, 3.05) is 7.11 Å². The lowest BCUT2D eigenvalue weighted by Crippen LogP contribution is -2.25. The monoisotopic (exact) mass is 262 g/mol. The molecular weight excluding hydrogens is 244 g/mol. The van der Waals surface area contributed by atoms with Crippen LogP contribution in [0.15, 0.2) is 23.3 Å². The van der Waals surface area contributed by atoms with Gasteiger partial charge in [-0.25, -0.2) is 4.98 Å². The minimum atomic E-state index is -0.291. The molecule has 1 amide bonds. The number of amides is 1. The van der Waals surface area contributed by atoms with E-state index in [9.17, 15) is 4.79 Å². The highest BCUT2D eigenvalue weighted by molar-refractivity contribution is 5.95. The fraction of sp³-hybridized carbons (Fsp3) is 0.462. The Morgan fingerprint density at radius 1 is 1.47 bits per heavy atom. The van der Waals surface area contributed by atoms with Crippen LogP contribution in [0.1, 0.15) is 25.3 Å². The van der Waals surface area contributed by atoms with Crippen LogP contribution in [0.3, 0.4) is 0 Å². The van der Waals surface area contributed by atoms with Crippen LogP contribution in [-0.2, 0) is 4.79 Å². The third-order valence-corrected chi connectivity index (χ3v) is 3.66. The third kappa shape index (κ3) is 2.25. The normalized spacial score (nSPS) is 23.5. The van der Waals surface area contributed by atoms with E-state index < -0.39 is 0 Å². The zero-order valence-electron chi connectivity index (χ0n) is 11.3. The molecule has 1 saturated carbocycles. The zero-order valence-corrected chi connectivity index (χ0v) is 11.3. The topological polar surface area (TPSA) is 104 Å². The molecule has 0 bridgehead atoms. The molecule has 1 aromatic heterocycles. The van der Waals surface area contributed by atoms with E-state index in [0.29, 0.717) is 5.88 Å². The summed E-state index contributed by atoms with van der Waals surface area (Å²) in [4.78, 5) is 19.8. The number of carbonyl (C=O) groups excluding carboxylic acids is 1. The Morgan fingerprint density at radius 3 is 2.74 bits per heavy atom. The predicted octanol–water partition coefficient (Wildman–Crippen LogP) is 0.630. The minimum absolute atomic E-state index is 0.0201. The summed E-state index contributed by atoms with van der Waals surface area (Å²) >= 11 is 0. The molecule has 1 fully saturated rings. The fourth-order valence-electron chi connectivity index (χ4n) is 2.69. The van der Waals surface area contributed by atoms with E-state index in [4.69, 9.17) is 16.2 Å². The van der Waals surface area contributed by atoms with Crippen molar-refractivity contribution in [1.82, 2.24) is 4.98 Å². The van der Waals surface area contributed by atoms with Gasteiger partial charge in [0, 0.05) is 17.7 Å². The van der Waals surface area contributed by atoms with E-state index in [2.05, 4.69) is 9.98 Å². The van der Waals surface area contributed by atoms with Crippen LogP contribution >= 0.6 is 0 Å². The third-order valence-electron chi connectivity index (χ3n) is 3.66. The lowest BCUT2D eigenvalue weighted by Gasteiger charge is -2.07. The van der Waals surface area contributed by atoms with Crippen LogP contribution in [0.5, 0.6) is 5.88 Å². The summed E-state index contributed by atoms with van der Waals surface area (Å²) < 4.78 is 5.24. The molecule has 0 spiro atoms. The van der Waals surface area contributed by atoms with Crippen molar-refractivity contribution < 1.29 is 9.53 Å². The minimum Gasteiger partial charge on any atom is -0.481 e. The van der Waals surface area contributed by atoms with Crippen molar-refractivity contribution in [3.8, 4) is 5.88 Å². The van der Waals surface area contributed by atoms with Crippen LogP contribution in [0.25, 0.3) is 0 Å². The Labute approximate surface area is 111 Å². The quantitative estimate of drug-likeness (QED) is 0.614. The summed E-state index contributed by atoms with van der Waals surface area (Å²) in [5.41, 5.74) is 11.2. The van der Waals surface area contributed by atoms with Crippen LogP contribution in [0, 0.1) is 11.3 Å². The van der Waals surface area contributed by atoms with Gasteiger partial charge in [0.15, 0.2) is 5.96 Å². The molecule has 1 aliphatic carbocycles. The molecule has 2 rings (SSSR count). The van der Waals surface area contributed by atoms with Gasteiger partial charge in [-0.05, 0) is 11.5 Å². The van der Waals surface area contributed by atoms with Crippen LogP contribution in [-0.4, -0.2) is 24.0 Å². The number of carbonyl (C=O) groups is 1. The summed E-state index contributed by atoms with van der Waals surface area (Å²) in [6.07, 6.45) is 1.66. The second kappa shape index (κ2) is 4.53. The van der Waals surface area contributed by atoms with Crippen molar-refractivity contribution in [3.05, 3.63) is 23.9 Å². The van der Waals surface area contributed by atoms with Crippen molar-refractivity contribution in [1.29, 1.82) is 0 Å². The lowest BCUT2D eigenvalue weighted by atomic mass is 10.0. The highest BCUT2D eigenvalue weighted by Crippen LogP contribution is 2.65. The molecule has 0 radical (unpaired) electrons. The number of aliphatic imine (C=N–C) groups is 1. The molecule has 102 valence electrons. The van der Waals surface area contributed by atoms with Gasteiger partial charge in [0.25, 0.3) is 5.91 Å². The van der Waals surface area contributed by atoms with Gasteiger partial charge in [0.2, 0.25) is 5.88 Å². The van der Waals surface area contributed by atoms with E-state index in [1.807, 2.05) is 26.0 Å². The molecule has 6 heteroatoms. The maximum atomic E-state index is 12.0. The van der Waals surface area contributed by atoms with Crippen molar-refractivity contribution in [3.63, 3.8) is 0 Å². The average Bonchev–Trinajstić information content (AvgIpc) is 2.91. The number of methoxy groups -OCH3 is 1. The first-order valence-corrected chi connectivity index (χ1v) is 6.02. The molecule has 2 atom stereocenters. The lowest BCUT2D eigenvalue weighted by molar-refractivity contribution is -0.119. The number of aromatic nitrogens is 1. The Kier molecular flexibility index (Phi) is 3.18. The first-order valence-electron chi connectivity index (χ1n) is 6.02. The second-order valence-electron chi connectivity index (χ2n) is 5.25. The first-order chi connectivity index (χ1) is 8.89. The molecule has 0 aliphatic heterocycles. The number of nitrogens with zero attached hydrogens (tertiary/aromatic N) is 2. The van der Waals surface area contributed by atoms with E-state index in [0.717, 1.165) is 5.56 Å². The van der Waals surface area contributed by atoms with Crippen LogP contribution < -0.4 is 16.2 Å². The van der Waals surface area contributed by atoms with E-state index in [-0.39, 0.29) is 29.1 Å². The number of nitrogens with two attached hydrogens (primary N) is 2. The summed E-state index contributed by atoms with van der Waals surface area (Å²) in [5, 5.41) is 0. The Bertz CT molecular complexity index is 535. The smallest absolute Gasteiger partial charge is 0.253 e. The van der Waals surface area contributed by atoms with E-state index >= 15 is 0 Å². The Morgan fingerprint density at radius 2 is 2.16 bits per heavy atom. The SMILES string of the molecule is COc1ncccc1C1C(C(=O)N=C(N)N)C1(C)C. The summed E-state index contributed by atoms with van der Waals surface area (Å²) in [6.45, 7) is 4.02. The largest absolute Gasteiger partial charge is 0.481 e. The van der Waals surface area contributed by atoms with Gasteiger partial charge in [-0.3, -0.25) is 4.79 Å². The van der Waals surface area contributed by atoms with Gasteiger partial charge in [-0.1, -0.05) is 19.9 Å². The average molecular weight is 262 g/mol. The summed E-state index contributed by atoms with van der Waals surface area (Å²) in [5.74, 6) is -0.175. The molecule has 0 saturated heterocycles. The van der Waals surface area contributed by atoms with Crippen molar-refractivity contribution >= 4 is 11.9 Å². The molecular formula is C13H18N4O2. The first kappa shape index (κ1) is 13.3. The van der Waals surface area contributed by atoms with Gasteiger partial charge in [0.05, 0.1) is 13.0 Å². The highest BCUT2D eigenvalue weighted by atomic mass is 16.5. The van der Waals surface area contributed by atoms with Gasteiger partial charge >= 0.3 is 0 Å². The maximum Gasteiger partial charge on any atom is 0.253 e. The predicted molar refractivity (Wildman–Crippen MR) is 71.6 cm³/mol. The molecule has 6 nitrogen and oxygen atoms in total. The number of hydrogen-bond donors (Lipinski definition) is 2. The zero-order chi connectivity index (χ0) is 14.2. The maximum absolute atomic E-state index is 12.0. The highest BCUT2D eigenvalue weighted by Gasteiger charge is 2.63. The molecule has 0 aromatic carbocycles. The number of ether oxygens (including phenoxy) is 1.